The molecule has 4 heteroatoms. The molecule has 17 heavy (non-hydrogen) atoms. The van der Waals surface area contributed by atoms with E-state index in [2.05, 4.69) is 41.7 Å². The number of rotatable bonds is 4. The van der Waals surface area contributed by atoms with Crippen LogP contribution in [0.25, 0.3) is 0 Å². The van der Waals surface area contributed by atoms with Gasteiger partial charge in [0.1, 0.15) is 11.6 Å². The Morgan fingerprint density at radius 2 is 2.12 bits per heavy atom. The maximum absolute atomic E-state index is 5.64. The van der Waals surface area contributed by atoms with Gasteiger partial charge in [-0.3, -0.25) is 0 Å². The molecule has 0 radical (unpaired) electrons. The molecule has 2 aromatic rings. The zero-order valence-electron chi connectivity index (χ0n) is 10.1. The quantitative estimate of drug-likeness (QED) is 0.872. The van der Waals surface area contributed by atoms with Crippen LogP contribution in [0.15, 0.2) is 35.7 Å². The van der Waals surface area contributed by atoms with E-state index < -0.39 is 0 Å². The fourth-order valence-corrected chi connectivity index (χ4v) is 2.46. The zero-order chi connectivity index (χ0) is 12.3. The van der Waals surface area contributed by atoms with Gasteiger partial charge < -0.3 is 11.1 Å². The maximum Gasteiger partial charge on any atom is 0.128 e. The van der Waals surface area contributed by atoms with Crippen LogP contribution in [-0.4, -0.2) is 11.5 Å². The van der Waals surface area contributed by atoms with Crippen LogP contribution in [0.3, 0.4) is 0 Å². The van der Waals surface area contributed by atoms with E-state index in [0.717, 1.165) is 12.4 Å². The summed E-state index contributed by atoms with van der Waals surface area (Å²) in [7, 11) is 0. The van der Waals surface area contributed by atoms with E-state index >= 15 is 0 Å². The summed E-state index contributed by atoms with van der Waals surface area (Å²) in [6.07, 6.45) is 0. The molecule has 0 spiro atoms. The summed E-state index contributed by atoms with van der Waals surface area (Å²) in [5, 5.41) is 5.44. The highest BCUT2D eigenvalue weighted by Gasteiger charge is 2.21. The Hall–Kier alpha value is -1.55. The number of nitrogen functional groups attached to an aromatic ring is 1. The van der Waals surface area contributed by atoms with Gasteiger partial charge >= 0.3 is 0 Å². The van der Waals surface area contributed by atoms with E-state index in [9.17, 15) is 0 Å². The summed E-state index contributed by atoms with van der Waals surface area (Å²) in [6.45, 7) is 5.28. The van der Waals surface area contributed by atoms with Crippen LogP contribution in [0, 0.1) is 0 Å². The number of hydrogen-bond donors (Lipinski definition) is 2. The molecule has 0 saturated heterocycles. The van der Waals surface area contributed by atoms with Crippen molar-refractivity contribution in [1.82, 2.24) is 4.98 Å². The molecule has 0 bridgehead atoms. The van der Waals surface area contributed by atoms with Gasteiger partial charge in [-0.2, -0.15) is 0 Å². The molecule has 0 saturated carbocycles. The number of pyridine rings is 1. The first kappa shape index (κ1) is 11.9. The van der Waals surface area contributed by atoms with Gasteiger partial charge in [0, 0.05) is 16.8 Å². The SMILES string of the molecule is CC(C)(CNc1cccc(N)n1)c1cccs1. The average molecular weight is 247 g/mol. The number of anilines is 2. The monoisotopic (exact) mass is 247 g/mol. The van der Waals surface area contributed by atoms with Crippen molar-refractivity contribution in [2.24, 2.45) is 0 Å². The van der Waals surface area contributed by atoms with Crippen molar-refractivity contribution in [3.63, 3.8) is 0 Å². The Labute approximate surface area is 106 Å². The lowest BCUT2D eigenvalue weighted by atomic mass is 9.91. The molecule has 0 amide bonds. The van der Waals surface area contributed by atoms with Crippen LogP contribution in [-0.2, 0) is 5.41 Å². The second-order valence-electron chi connectivity index (χ2n) is 4.66. The molecule has 0 aliphatic heterocycles. The molecule has 0 aromatic carbocycles. The lowest BCUT2D eigenvalue weighted by Gasteiger charge is -2.24. The Balaban J connectivity index is 2.03. The lowest BCUT2D eigenvalue weighted by Crippen LogP contribution is -2.26. The van der Waals surface area contributed by atoms with Crippen LogP contribution in [0.4, 0.5) is 11.6 Å². The second kappa shape index (κ2) is 4.75. The lowest BCUT2D eigenvalue weighted by molar-refractivity contribution is 0.568. The van der Waals surface area contributed by atoms with Crippen molar-refractivity contribution >= 4 is 23.0 Å². The van der Waals surface area contributed by atoms with E-state index in [1.807, 2.05) is 12.1 Å². The van der Waals surface area contributed by atoms with Gasteiger partial charge in [0.05, 0.1) is 0 Å². The smallest absolute Gasteiger partial charge is 0.128 e. The number of aromatic nitrogens is 1. The topological polar surface area (TPSA) is 50.9 Å². The largest absolute Gasteiger partial charge is 0.384 e. The van der Waals surface area contributed by atoms with Gasteiger partial charge in [-0.1, -0.05) is 26.0 Å². The van der Waals surface area contributed by atoms with Crippen molar-refractivity contribution in [2.45, 2.75) is 19.3 Å². The summed E-state index contributed by atoms with van der Waals surface area (Å²) in [6, 6.07) is 9.87. The molecule has 2 rings (SSSR count). The molecule has 0 aliphatic rings. The van der Waals surface area contributed by atoms with Crippen LogP contribution >= 0.6 is 11.3 Å². The predicted octanol–water partition coefficient (Wildman–Crippen LogP) is 3.12. The molecule has 0 unspecified atom stereocenters. The Morgan fingerprint density at radius 3 is 2.76 bits per heavy atom. The van der Waals surface area contributed by atoms with Crippen LogP contribution in [0.1, 0.15) is 18.7 Å². The Morgan fingerprint density at radius 1 is 1.29 bits per heavy atom. The number of hydrogen-bond acceptors (Lipinski definition) is 4. The number of nitrogens with one attached hydrogen (secondary N) is 1. The molecule has 3 nitrogen and oxygen atoms in total. The van der Waals surface area contributed by atoms with E-state index in [4.69, 9.17) is 5.73 Å². The number of thiophene rings is 1. The van der Waals surface area contributed by atoms with Crippen LogP contribution < -0.4 is 11.1 Å². The first-order valence-electron chi connectivity index (χ1n) is 5.58. The third-order valence-electron chi connectivity index (χ3n) is 2.67. The van der Waals surface area contributed by atoms with Gasteiger partial charge in [0.25, 0.3) is 0 Å². The molecule has 0 aliphatic carbocycles. The van der Waals surface area contributed by atoms with E-state index in [-0.39, 0.29) is 5.41 Å². The van der Waals surface area contributed by atoms with Crippen molar-refractivity contribution in [2.75, 3.05) is 17.6 Å². The van der Waals surface area contributed by atoms with Gasteiger partial charge in [0.15, 0.2) is 0 Å². The summed E-state index contributed by atoms with van der Waals surface area (Å²) >= 11 is 1.78. The maximum atomic E-state index is 5.64. The van der Waals surface area contributed by atoms with Crippen LogP contribution in [0.2, 0.25) is 0 Å². The molecule has 0 fully saturated rings. The number of nitrogens with zero attached hydrogens (tertiary/aromatic N) is 1. The van der Waals surface area contributed by atoms with E-state index in [1.165, 1.54) is 4.88 Å². The number of nitrogens with two attached hydrogens (primary N) is 1. The minimum atomic E-state index is 0.0977. The summed E-state index contributed by atoms with van der Waals surface area (Å²) in [5.41, 5.74) is 5.74. The van der Waals surface area contributed by atoms with Crippen molar-refractivity contribution in [1.29, 1.82) is 0 Å². The molecule has 90 valence electrons. The minimum Gasteiger partial charge on any atom is -0.384 e. The average Bonchev–Trinajstić information content (AvgIpc) is 2.81. The van der Waals surface area contributed by atoms with Crippen molar-refractivity contribution < 1.29 is 0 Å². The summed E-state index contributed by atoms with van der Waals surface area (Å²) in [5.74, 6) is 1.37. The molecular weight excluding hydrogens is 230 g/mol. The van der Waals surface area contributed by atoms with Gasteiger partial charge in [-0.15, -0.1) is 11.3 Å². The van der Waals surface area contributed by atoms with Crippen molar-refractivity contribution in [3.05, 3.63) is 40.6 Å². The first-order valence-corrected chi connectivity index (χ1v) is 6.46. The Bertz CT molecular complexity index is 477. The molecule has 2 heterocycles. The zero-order valence-corrected chi connectivity index (χ0v) is 10.9. The molecular formula is C13H17N3S. The second-order valence-corrected chi connectivity index (χ2v) is 5.61. The normalized spacial score (nSPS) is 11.4. The third-order valence-corrected chi connectivity index (χ3v) is 3.91. The highest BCUT2D eigenvalue weighted by Crippen LogP contribution is 2.27. The fraction of sp³-hybridized carbons (Fsp3) is 0.308. The third kappa shape index (κ3) is 2.97. The highest BCUT2D eigenvalue weighted by atomic mass is 32.1. The molecule has 2 aromatic heterocycles. The minimum absolute atomic E-state index is 0.0977. The van der Waals surface area contributed by atoms with Crippen LogP contribution in [0.5, 0.6) is 0 Å². The first-order chi connectivity index (χ1) is 8.08. The van der Waals surface area contributed by atoms with E-state index in [1.54, 1.807) is 17.4 Å². The van der Waals surface area contributed by atoms with Gasteiger partial charge in [-0.05, 0) is 23.6 Å². The van der Waals surface area contributed by atoms with Gasteiger partial charge in [-0.25, -0.2) is 4.98 Å². The molecule has 3 N–H and O–H groups in total. The molecule has 0 atom stereocenters. The highest BCUT2D eigenvalue weighted by molar-refractivity contribution is 7.10. The standard InChI is InChI=1S/C13H17N3S/c1-13(2,10-5-4-8-17-10)9-15-12-7-3-6-11(14)16-12/h3-8H,9H2,1-2H3,(H3,14,15,16). The predicted molar refractivity (Wildman–Crippen MR) is 74.5 cm³/mol. The van der Waals surface area contributed by atoms with Gasteiger partial charge in [0.2, 0.25) is 0 Å². The fourth-order valence-electron chi connectivity index (χ4n) is 1.61. The summed E-state index contributed by atoms with van der Waals surface area (Å²) < 4.78 is 0. The summed E-state index contributed by atoms with van der Waals surface area (Å²) in [4.78, 5) is 5.60. The van der Waals surface area contributed by atoms with E-state index in [0.29, 0.717) is 5.82 Å². The Kier molecular flexibility index (Phi) is 3.33. The van der Waals surface area contributed by atoms with Crippen molar-refractivity contribution in [3.8, 4) is 0 Å².